The van der Waals surface area contributed by atoms with Crippen LogP contribution >= 0.6 is 0 Å². The molecular formula is C28H33FN4O5S. The van der Waals surface area contributed by atoms with Crippen LogP contribution in [-0.2, 0) is 10.0 Å². The number of anilines is 1. The Kier molecular flexibility index (Phi) is 8.10. The van der Waals surface area contributed by atoms with Gasteiger partial charge in [0, 0.05) is 35.5 Å². The molecular weight excluding hydrogens is 523 g/mol. The summed E-state index contributed by atoms with van der Waals surface area (Å²) in [7, 11) is -4.35. The molecule has 1 amide bonds. The minimum absolute atomic E-state index is 0.0371. The van der Waals surface area contributed by atoms with Crippen LogP contribution in [0.3, 0.4) is 0 Å². The second kappa shape index (κ2) is 11.2. The minimum atomic E-state index is -4.35. The van der Waals surface area contributed by atoms with Gasteiger partial charge in [-0.3, -0.25) is 9.59 Å². The molecule has 0 radical (unpaired) electrons. The summed E-state index contributed by atoms with van der Waals surface area (Å²) in [6.07, 6.45) is 1.63. The van der Waals surface area contributed by atoms with Crippen molar-refractivity contribution >= 4 is 21.7 Å². The third kappa shape index (κ3) is 6.30. The smallest absolute Gasteiger partial charge is 0.281 e. The van der Waals surface area contributed by atoms with Gasteiger partial charge in [-0.15, -0.1) is 0 Å². The van der Waals surface area contributed by atoms with Gasteiger partial charge in [-0.1, -0.05) is 19.9 Å². The van der Waals surface area contributed by atoms with E-state index in [0.717, 1.165) is 12.8 Å². The van der Waals surface area contributed by atoms with Gasteiger partial charge in [0.05, 0.1) is 12.3 Å². The summed E-state index contributed by atoms with van der Waals surface area (Å²) < 4.78 is 48.1. The number of hydrogen-bond acceptors (Lipinski definition) is 7. The molecule has 0 bridgehead atoms. The fourth-order valence-electron chi connectivity index (χ4n) is 4.71. The zero-order valence-electron chi connectivity index (χ0n) is 22.6. The highest BCUT2D eigenvalue weighted by atomic mass is 32.2. The van der Waals surface area contributed by atoms with Gasteiger partial charge in [0.1, 0.15) is 22.9 Å². The van der Waals surface area contributed by atoms with Crippen LogP contribution in [-0.4, -0.2) is 43.0 Å². The van der Waals surface area contributed by atoms with Crippen molar-refractivity contribution in [1.82, 2.24) is 14.7 Å². The summed E-state index contributed by atoms with van der Waals surface area (Å²) in [5, 5.41) is -0.331. The molecule has 1 saturated heterocycles. The number of pyridine rings is 2. The molecule has 1 aromatic carbocycles. The second-order valence-electron chi connectivity index (χ2n) is 10.4. The zero-order chi connectivity index (χ0) is 28.5. The molecule has 1 aliphatic rings. The van der Waals surface area contributed by atoms with Crippen molar-refractivity contribution in [2.24, 2.45) is 5.92 Å². The van der Waals surface area contributed by atoms with E-state index in [0.29, 0.717) is 23.6 Å². The molecule has 39 heavy (non-hydrogen) atoms. The number of nitrogens with zero attached hydrogens (tertiary/aromatic N) is 2. The van der Waals surface area contributed by atoms with Crippen LogP contribution in [0.25, 0.3) is 11.3 Å². The SMILES string of the molecule is Cc1cccc(S(=O)(=O)NC(=O)c2c(N3[C@H](C)CC[C@@H]3C)[nH]c(-c3cc(F)cc(OCC(C)C)c3)cc2=O)n1. The Labute approximate surface area is 227 Å². The molecule has 0 saturated carbocycles. The number of amides is 1. The summed E-state index contributed by atoms with van der Waals surface area (Å²) in [4.78, 5) is 35.9. The van der Waals surface area contributed by atoms with E-state index in [9.17, 15) is 22.4 Å². The number of halogens is 1. The maximum absolute atomic E-state index is 14.5. The molecule has 9 nitrogen and oxygen atoms in total. The third-order valence-electron chi connectivity index (χ3n) is 6.58. The van der Waals surface area contributed by atoms with Crippen molar-refractivity contribution in [2.75, 3.05) is 11.5 Å². The number of hydrogen-bond donors (Lipinski definition) is 2. The van der Waals surface area contributed by atoms with Crippen molar-refractivity contribution in [2.45, 2.75) is 64.6 Å². The Bertz CT molecular complexity index is 1540. The van der Waals surface area contributed by atoms with Crippen molar-refractivity contribution < 1.29 is 22.3 Å². The normalized spacial score (nSPS) is 17.5. The number of carbonyl (C=O) groups is 1. The highest BCUT2D eigenvalue weighted by Crippen LogP contribution is 2.33. The predicted octanol–water partition coefficient (Wildman–Crippen LogP) is 4.42. The van der Waals surface area contributed by atoms with Gasteiger partial charge < -0.3 is 14.6 Å². The largest absolute Gasteiger partial charge is 0.493 e. The molecule has 0 spiro atoms. The molecule has 208 valence electrons. The Morgan fingerprint density at radius 2 is 1.87 bits per heavy atom. The van der Waals surface area contributed by atoms with E-state index in [1.54, 1.807) is 19.1 Å². The summed E-state index contributed by atoms with van der Waals surface area (Å²) in [6, 6.07) is 9.65. The summed E-state index contributed by atoms with van der Waals surface area (Å²) in [5.41, 5.74) is 0.0389. The van der Waals surface area contributed by atoms with Crippen LogP contribution in [0.4, 0.5) is 10.2 Å². The van der Waals surface area contributed by atoms with Crippen LogP contribution < -0.4 is 19.8 Å². The standard InChI is InChI=1S/C28H33FN4O5S/c1-16(2)15-38-22-12-20(11-21(29)13-22)23-14-24(34)26(27(31-23)33-18(4)9-10-19(33)5)28(35)32-39(36,37)25-8-6-7-17(3)30-25/h6-8,11-14,16,18-19H,9-10,15H2,1-5H3,(H,31,34)(H,32,35)/t18-,19+. The number of ether oxygens (including phenoxy) is 1. The summed E-state index contributed by atoms with van der Waals surface area (Å²) in [5.74, 6) is -0.913. The van der Waals surface area contributed by atoms with E-state index >= 15 is 0 Å². The van der Waals surface area contributed by atoms with E-state index < -0.39 is 27.2 Å². The van der Waals surface area contributed by atoms with Crippen molar-refractivity contribution in [1.29, 1.82) is 0 Å². The number of aromatic amines is 1. The van der Waals surface area contributed by atoms with Gasteiger partial charge >= 0.3 is 0 Å². The van der Waals surface area contributed by atoms with Crippen LogP contribution in [0.2, 0.25) is 0 Å². The number of benzene rings is 1. The molecule has 0 unspecified atom stereocenters. The Hall–Kier alpha value is -3.73. The molecule has 4 rings (SSSR count). The number of rotatable bonds is 8. The molecule has 11 heteroatoms. The lowest BCUT2D eigenvalue weighted by Gasteiger charge is -2.30. The zero-order valence-corrected chi connectivity index (χ0v) is 23.4. The van der Waals surface area contributed by atoms with E-state index in [-0.39, 0.29) is 40.1 Å². The van der Waals surface area contributed by atoms with Gasteiger partial charge in [-0.05, 0) is 63.8 Å². The van der Waals surface area contributed by atoms with E-state index in [1.165, 1.54) is 30.3 Å². The van der Waals surface area contributed by atoms with Crippen molar-refractivity contribution in [3.05, 3.63) is 69.8 Å². The lowest BCUT2D eigenvalue weighted by Crippen LogP contribution is -2.40. The average Bonchev–Trinajstić information content (AvgIpc) is 3.19. The van der Waals surface area contributed by atoms with Crippen LogP contribution in [0.5, 0.6) is 5.75 Å². The van der Waals surface area contributed by atoms with Crippen LogP contribution in [0.15, 0.2) is 52.3 Å². The second-order valence-corrected chi connectivity index (χ2v) is 12.0. The van der Waals surface area contributed by atoms with Gasteiger partial charge in [0.25, 0.3) is 15.9 Å². The third-order valence-corrected chi connectivity index (χ3v) is 7.81. The number of nitrogens with one attached hydrogen (secondary N) is 2. The Morgan fingerprint density at radius 3 is 2.51 bits per heavy atom. The first-order valence-electron chi connectivity index (χ1n) is 12.9. The predicted molar refractivity (Wildman–Crippen MR) is 147 cm³/mol. The van der Waals surface area contributed by atoms with E-state index in [4.69, 9.17) is 4.74 Å². The lowest BCUT2D eigenvalue weighted by molar-refractivity contribution is 0.0980. The molecule has 3 heterocycles. The average molecular weight is 557 g/mol. The van der Waals surface area contributed by atoms with Gasteiger partial charge in [0.15, 0.2) is 10.5 Å². The number of sulfonamides is 1. The van der Waals surface area contributed by atoms with Crippen LogP contribution in [0, 0.1) is 18.7 Å². The fraction of sp³-hybridized carbons (Fsp3) is 0.393. The highest BCUT2D eigenvalue weighted by molar-refractivity contribution is 7.90. The Morgan fingerprint density at radius 1 is 1.18 bits per heavy atom. The quantitative estimate of drug-likeness (QED) is 0.421. The number of aryl methyl sites for hydroxylation is 1. The van der Waals surface area contributed by atoms with Gasteiger partial charge in [-0.25, -0.2) is 14.1 Å². The van der Waals surface area contributed by atoms with Crippen molar-refractivity contribution in [3.8, 4) is 17.0 Å². The molecule has 1 fully saturated rings. The molecule has 2 aromatic heterocycles. The molecule has 2 atom stereocenters. The van der Waals surface area contributed by atoms with E-state index in [2.05, 4.69) is 9.97 Å². The Balaban J connectivity index is 1.81. The van der Waals surface area contributed by atoms with Crippen LogP contribution in [0.1, 0.15) is 56.6 Å². The molecule has 1 aliphatic heterocycles. The fourth-order valence-corrected chi connectivity index (χ4v) is 5.68. The monoisotopic (exact) mass is 556 g/mol. The summed E-state index contributed by atoms with van der Waals surface area (Å²) >= 11 is 0. The van der Waals surface area contributed by atoms with E-state index in [1.807, 2.05) is 37.3 Å². The molecule has 0 aliphatic carbocycles. The van der Waals surface area contributed by atoms with Gasteiger partial charge in [0.2, 0.25) is 0 Å². The maximum Gasteiger partial charge on any atom is 0.281 e. The van der Waals surface area contributed by atoms with Gasteiger partial charge in [-0.2, -0.15) is 8.42 Å². The summed E-state index contributed by atoms with van der Waals surface area (Å²) in [6.45, 7) is 9.89. The highest BCUT2D eigenvalue weighted by Gasteiger charge is 2.34. The number of aromatic nitrogens is 2. The lowest BCUT2D eigenvalue weighted by atomic mass is 10.1. The first-order valence-corrected chi connectivity index (χ1v) is 14.3. The first kappa shape index (κ1) is 28.3. The first-order chi connectivity index (χ1) is 18.4. The number of carbonyl (C=O) groups excluding carboxylic acids is 1. The molecule has 2 N–H and O–H groups in total. The maximum atomic E-state index is 14.5. The number of H-pyrrole nitrogens is 1. The minimum Gasteiger partial charge on any atom is -0.493 e. The van der Waals surface area contributed by atoms with Crippen molar-refractivity contribution in [3.63, 3.8) is 0 Å². The topological polar surface area (TPSA) is 121 Å². The molecule has 3 aromatic rings.